The highest BCUT2D eigenvalue weighted by Crippen LogP contribution is 2.64. The van der Waals surface area contributed by atoms with E-state index in [1.54, 1.807) is 6.21 Å². The number of ketones is 1. The van der Waals surface area contributed by atoms with Crippen LogP contribution in [0.3, 0.4) is 0 Å². The van der Waals surface area contributed by atoms with Crippen LogP contribution in [-0.4, -0.2) is 22.7 Å². The third-order valence-corrected chi connectivity index (χ3v) is 9.39. The van der Waals surface area contributed by atoms with Crippen LogP contribution >= 0.6 is 0 Å². The number of fused-ring (bicyclic) bond motifs is 5. The molecule has 0 spiro atoms. The molecule has 0 saturated heterocycles. The SMILES string of the molecule is C=C/N=C\C(=C)CC(=O)[C@H]1CC[C@H]2[C@@H]3CC[C@@H]4C[C@](C)(O)CC[C@@H]4[C@H]3CC[C@]12C. The molecule has 160 valence electrons. The average molecular weight is 398 g/mol. The summed E-state index contributed by atoms with van der Waals surface area (Å²) in [6.45, 7) is 12.1. The predicted molar refractivity (Wildman–Crippen MR) is 119 cm³/mol. The molecule has 0 unspecified atom stereocenters. The average Bonchev–Trinajstić information content (AvgIpc) is 3.02. The van der Waals surface area contributed by atoms with E-state index in [0.29, 0.717) is 18.1 Å². The maximum atomic E-state index is 13.2. The molecule has 29 heavy (non-hydrogen) atoms. The van der Waals surface area contributed by atoms with Crippen LogP contribution in [0, 0.1) is 40.9 Å². The normalized spacial score (nSPS) is 46.6. The first-order chi connectivity index (χ1) is 13.7. The molecule has 0 aromatic rings. The van der Waals surface area contributed by atoms with Gasteiger partial charge in [0.25, 0.3) is 0 Å². The van der Waals surface area contributed by atoms with Crippen molar-refractivity contribution < 1.29 is 9.90 Å². The van der Waals surface area contributed by atoms with Crippen LogP contribution in [-0.2, 0) is 4.79 Å². The molecular formula is C26H39NO2. The van der Waals surface area contributed by atoms with Crippen molar-refractivity contribution in [2.75, 3.05) is 0 Å². The Morgan fingerprint density at radius 1 is 1.07 bits per heavy atom. The zero-order valence-electron chi connectivity index (χ0n) is 18.4. The summed E-state index contributed by atoms with van der Waals surface area (Å²) in [6, 6.07) is 0. The lowest BCUT2D eigenvalue weighted by Gasteiger charge is -2.56. The standard InChI is InChI=1S/C26H39NO2/c1-5-27-16-17(2)14-24(28)23-9-8-22-21-7-6-18-15-25(3,29)12-10-19(18)20(21)11-13-26(22,23)4/h5,16,18-23,29H,1-2,6-15H2,3-4H3/b27-16-/t18-,19+,20-,21-,22+,23-,25-,26+/m1/s1. The molecule has 0 radical (unpaired) electrons. The third-order valence-electron chi connectivity index (χ3n) is 9.39. The van der Waals surface area contributed by atoms with Crippen molar-refractivity contribution in [3.8, 4) is 0 Å². The van der Waals surface area contributed by atoms with Crippen LogP contribution in [0.1, 0.15) is 78.1 Å². The highest BCUT2D eigenvalue weighted by molar-refractivity contribution is 5.92. The number of carbonyl (C=O) groups excluding carboxylic acids is 1. The van der Waals surface area contributed by atoms with Gasteiger partial charge in [0.05, 0.1) is 5.60 Å². The predicted octanol–water partition coefficient (Wildman–Crippen LogP) is 5.74. The van der Waals surface area contributed by atoms with Crippen LogP contribution in [0.5, 0.6) is 0 Å². The number of Topliss-reactive ketones (excluding diaryl/α,β-unsaturated/α-hetero) is 1. The highest BCUT2D eigenvalue weighted by Gasteiger charge is 2.58. The molecule has 4 rings (SSSR count). The van der Waals surface area contributed by atoms with Crippen molar-refractivity contribution in [3.05, 3.63) is 24.9 Å². The number of carbonyl (C=O) groups is 1. The number of hydrogen-bond acceptors (Lipinski definition) is 3. The largest absolute Gasteiger partial charge is 0.390 e. The Kier molecular flexibility index (Phi) is 5.65. The summed E-state index contributed by atoms with van der Waals surface area (Å²) >= 11 is 0. The lowest BCUT2D eigenvalue weighted by Crippen LogP contribution is -2.51. The second-order valence-electron chi connectivity index (χ2n) is 11.1. The summed E-state index contributed by atoms with van der Waals surface area (Å²) in [6.07, 6.45) is 14.1. The molecule has 8 atom stereocenters. The number of nitrogens with zero attached hydrogens (tertiary/aromatic N) is 1. The van der Waals surface area contributed by atoms with Crippen molar-refractivity contribution in [2.45, 2.75) is 83.7 Å². The molecule has 0 aromatic heterocycles. The zero-order chi connectivity index (χ0) is 20.8. The van der Waals surface area contributed by atoms with Crippen molar-refractivity contribution >= 4 is 12.0 Å². The minimum Gasteiger partial charge on any atom is -0.390 e. The fraction of sp³-hybridized carbons (Fsp3) is 0.769. The molecule has 4 aliphatic carbocycles. The summed E-state index contributed by atoms with van der Waals surface area (Å²) in [5, 5.41) is 10.6. The molecule has 0 aromatic carbocycles. The van der Waals surface area contributed by atoms with Crippen LogP contribution < -0.4 is 0 Å². The van der Waals surface area contributed by atoms with Gasteiger partial charge in [-0.1, -0.05) is 20.1 Å². The molecule has 4 saturated carbocycles. The van der Waals surface area contributed by atoms with Gasteiger partial charge in [0, 0.05) is 24.8 Å². The van der Waals surface area contributed by atoms with Crippen molar-refractivity contribution in [3.63, 3.8) is 0 Å². The summed E-state index contributed by atoms with van der Waals surface area (Å²) in [5.41, 5.74) is 0.519. The smallest absolute Gasteiger partial charge is 0.140 e. The van der Waals surface area contributed by atoms with Gasteiger partial charge in [-0.05, 0) is 105 Å². The van der Waals surface area contributed by atoms with Gasteiger partial charge in [-0.2, -0.15) is 0 Å². The maximum absolute atomic E-state index is 13.2. The highest BCUT2D eigenvalue weighted by atomic mass is 16.3. The molecular weight excluding hydrogens is 358 g/mol. The Morgan fingerprint density at radius 2 is 1.83 bits per heavy atom. The van der Waals surface area contributed by atoms with E-state index in [4.69, 9.17) is 0 Å². The molecule has 1 N–H and O–H groups in total. The van der Waals surface area contributed by atoms with Gasteiger partial charge in [-0.25, -0.2) is 0 Å². The molecule has 3 heteroatoms. The van der Waals surface area contributed by atoms with E-state index in [1.807, 2.05) is 6.92 Å². The van der Waals surface area contributed by atoms with Gasteiger partial charge in [-0.15, -0.1) is 0 Å². The number of aliphatic imine (C=N–C) groups is 1. The van der Waals surface area contributed by atoms with Crippen molar-refractivity contribution in [1.29, 1.82) is 0 Å². The van der Waals surface area contributed by atoms with Crippen molar-refractivity contribution in [2.24, 2.45) is 45.9 Å². The van der Waals surface area contributed by atoms with Crippen LogP contribution in [0.15, 0.2) is 29.9 Å². The molecule has 3 nitrogen and oxygen atoms in total. The minimum absolute atomic E-state index is 0.168. The number of rotatable bonds is 5. The van der Waals surface area contributed by atoms with E-state index < -0.39 is 5.60 Å². The molecule has 0 aliphatic heterocycles. The van der Waals surface area contributed by atoms with E-state index in [-0.39, 0.29) is 11.3 Å². The monoisotopic (exact) mass is 397 g/mol. The Hall–Kier alpha value is -1.22. The van der Waals surface area contributed by atoms with Gasteiger partial charge in [0.15, 0.2) is 0 Å². The molecule has 0 bridgehead atoms. The second kappa shape index (κ2) is 7.80. The van der Waals surface area contributed by atoms with Crippen LogP contribution in [0.4, 0.5) is 0 Å². The first-order valence-corrected chi connectivity index (χ1v) is 11.8. The summed E-state index contributed by atoms with van der Waals surface area (Å²) in [4.78, 5) is 17.2. The summed E-state index contributed by atoms with van der Waals surface area (Å²) in [5.74, 6) is 4.41. The number of hydrogen-bond donors (Lipinski definition) is 1. The minimum atomic E-state index is -0.445. The van der Waals surface area contributed by atoms with Crippen molar-refractivity contribution in [1.82, 2.24) is 0 Å². The molecule has 0 amide bonds. The Bertz CT molecular complexity index is 707. The second-order valence-corrected chi connectivity index (χ2v) is 11.1. The molecule has 4 aliphatic rings. The van der Waals surface area contributed by atoms with E-state index in [9.17, 15) is 9.90 Å². The van der Waals surface area contributed by atoms with Gasteiger partial charge in [0.2, 0.25) is 0 Å². The van der Waals surface area contributed by atoms with Crippen LogP contribution in [0.2, 0.25) is 0 Å². The number of allylic oxidation sites excluding steroid dienone is 1. The number of aliphatic hydroxyl groups is 1. The molecule has 0 heterocycles. The van der Waals surface area contributed by atoms with E-state index in [2.05, 4.69) is 25.1 Å². The van der Waals surface area contributed by atoms with Gasteiger partial charge in [-0.3, -0.25) is 9.79 Å². The summed E-state index contributed by atoms with van der Waals surface area (Å²) < 4.78 is 0. The van der Waals surface area contributed by atoms with Crippen LogP contribution in [0.25, 0.3) is 0 Å². The first kappa shape index (κ1) is 21.0. The van der Waals surface area contributed by atoms with Gasteiger partial charge >= 0.3 is 0 Å². The Labute approximate surface area is 176 Å². The van der Waals surface area contributed by atoms with Gasteiger partial charge in [0.1, 0.15) is 5.78 Å². The maximum Gasteiger partial charge on any atom is 0.140 e. The summed E-state index contributed by atoms with van der Waals surface area (Å²) in [7, 11) is 0. The third kappa shape index (κ3) is 3.80. The van der Waals surface area contributed by atoms with E-state index in [0.717, 1.165) is 48.5 Å². The fourth-order valence-electron chi connectivity index (χ4n) is 8.16. The molecule has 4 fully saturated rings. The first-order valence-electron chi connectivity index (χ1n) is 11.8. The lowest BCUT2D eigenvalue weighted by molar-refractivity contribution is -0.131. The Balaban J connectivity index is 1.46. The quantitative estimate of drug-likeness (QED) is 0.602. The fourth-order valence-corrected chi connectivity index (χ4v) is 8.16. The van der Waals surface area contributed by atoms with E-state index in [1.165, 1.54) is 44.7 Å². The Morgan fingerprint density at radius 3 is 2.59 bits per heavy atom. The van der Waals surface area contributed by atoms with Gasteiger partial charge < -0.3 is 5.11 Å². The van der Waals surface area contributed by atoms with E-state index >= 15 is 0 Å². The zero-order valence-corrected chi connectivity index (χ0v) is 18.4. The topological polar surface area (TPSA) is 49.7 Å². The lowest BCUT2D eigenvalue weighted by atomic mass is 9.49.